The van der Waals surface area contributed by atoms with Crippen LogP contribution in [0.3, 0.4) is 0 Å². The van der Waals surface area contributed by atoms with Crippen molar-refractivity contribution >= 4 is 11.9 Å². The van der Waals surface area contributed by atoms with E-state index in [9.17, 15) is 23.5 Å². The summed E-state index contributed by atoms with van der Waals surface area (Å²) in [6.07, 6.45) is 8.52. The highest BCUT2D eigenvalue weighted by molar-refractivity contribution is 5.77. The summed E-state index contributed by atoms with van der Waals surface area (Å²) < 4.78 is 50.3. The lowest BCUT2D eigenvalue weighted by atomic mass is 9.50. The van der Waals surface area contributed by atoms with Crippen LogP contribution < -0.4 is 0 Å². The minimum absolute atomic E-state index is 0.0225. The van der Waals surface area contributed by atoms with E-state index in [2.05, 4.69) is 6.92 Å². The van der Waals surface area contributed by atoms with E-state index >= 15 is 0 Å². The van der Waals surface area contributed by atoms with Crippen molar-refractivity contribution in [2.24, 2.45) is 29.6 Å². The molecule has 8 aliphatic rings. The van der Waals surface area contributed by atoms with Gasteiger partial charge in [0, 0.05) is 26.2 Å². The monoisotopic (exact) mass is 526 g/mol. The number of hydrogen-bond acceptors (Lipinski definition) is 7. The first kappa shape index (κ1) is 25.9. The fourth-order valence-electron chi connectivity index (χ4n) is 9.80. The number of alkyl halides is 2. The lowest BCUT2D eigenvalue weighted by Gasteiger charge is -2.63. The van der Waals surface area contributed by atoms with Crippen molar-refractivity contribution in [3.8, 4) is 0 Å². The summed E-state index contributed by atoms with van der Waals surface area (Å²) in [5.41, 5.74) is -3.39. The fourth-order valence-corrected chi connectivity index (χ4v) is 9.80. The predicted octanol–water partition coefficient (Wildman–Crippen LogP) is 4.18. The van der Waals surface area contributed by atoms with Gasteiger partial charge in [-0.1, -0.05) is 0 Å². The van der Waals surface area contributed by atoms with E-state index in [0.717, 1.165) is 11.8 Å². The second-order valence-corrected chi connectivity index (χ2v) is 13.7. The molecule has 0 aliphatic heterocycles. The first-order valence-corrected chi connectivity index (χ1v) is 14.1. The Morgan fingerprint density at radius 1 is 0.865 bits per heavy atom. The number of aliphatic hydroxyl groups is 1. The molecule has 37 heavy (non-hydrogen) atoms. The van der Waals surface area contributed by atoms with Crippen LogP contribution in [0.2, 0.25) is 0 Å². The molecular formula is C28H40F2O7. The number of ether oxygens (including phenoxy) is 4. The highest BCUT2D eigenvalue weighted by atomic mass is 19.3. The third kappa shape index (κ3) is 4.71. The first-order chi connectivity index (χ1) is 17.3. The molecule has 0 radical (unpaired) electrons. The van der Waals surface area contributed by atoms with E-state index in [-0.39, 0.29) is 44.0 Å². The molecule has 0 saturated heterocycles. The summed E-state index contributed by atoms with van der Waals surface area (Å²) in [6, 6.07) is 0. The van der Waals surface area contributed by atoms with Gasteiger partial charge in [-0.15, -0.1) is 0 Å². The van der Waals surface area contributed by atoms with Gasteiger partial charge in [-0.25, -0.2) is 9.59 Å². The zero-order valence-corrected chi connectivity index (χ0v) is 21.9. The standard InChI is InChI=1S/C28H40F2O7/c1-24(20-6-17-5-18(8-20)9-21(24)7-17)35-4-3-34-22(31)13-36-27-11-19-10-26(33,14-27)15-28(12-19,16-27)37-23(32)25(2,29)30/h17-21,33H,3-16H2,1-2H3. The van der Waals surface area contributed by atoms with Gasteiger partial charge in [-0.2, -0.15) is 8.78 Å². The summed E-state index contributed by atoms with van der Waals surface area (Å²) in [4.78, 5) is 24.5. The van der Waals surface area contributed by atoms with Crippen molar-refractivity contribution in [3.63, 3.8) is 0 Å². The Labute approximate surface area is 216 Å². The minimum Gasteiger partial charge on any atom is -0.462 e. The smallest absolute Gasteiger partial charge is 0.377 e. The van der Waals surface area contributed by atoms with E-state index in [4.69, 9.17) is 18.9 Å². The van der Waals surface area contributed by atoms with Crippen LogP contribution in [0.1, 0.15) is 84.5 Å². The number of esters is 2. The lowest BCUT2D eigenvalue weighted by Crippen LogP contribution is -2.68. The van der Waals surface area contributed by atoms with Crippen LogP contribution in [0.5, 0.6) is 0 Å². The van der Waals surface area contributed by atoms with Crippen LogP contribution in [-0.2, 0) is 28.5 Å². The van der Waals surface area contributed by atoms with Gasteiger partial charge in [0.15, 0.2) is 0 Å². The minimum atomic E-state index is -3.61. The van der Waals surface area contributed by atoms with E-state index in [1.165, 1.54) is 32.1 Å². The maximum atomic E-state index is 13.6. The van der Waals surface area contributed by atoms with Crippen molar-refractivity contribution in [2.75, 3.05) is 19.8 Å². The molecule has 8 bridgehead atoms. The Balaban J connectivity index is 1.01. The predicted molar refractivity (Wildman–Crippen MR) is 127 cm³/mol. The van der Waals surface area contributed by atoms with Gasteiger partial charge in [-0.3, -0.25) is 0 Å². The van der Waals surface area contributed by atoms with Crippen LogP contribution in [-0.4, -0.2) is 65.2 Å². The Hall–Kier alpha value is -1.32. The molecule has 0 aromatic carbocycles. The zero-order chi connectivity index (χ0) is 26.3. The van der Waals surface area contributed by atoms with E-state index in [1.54, 1.807) is 0 Å². The molecule has 8 rings (SSSR count). The Morgan fingerprint density at radius 2 is 1.49 bits per heavy atom. The molecular weight excluding hydrogens is 486 g/mol. The largest absolute Gasteiger partial charge is 0.462 e. The van der Waals surface area contributed by atoms with E-state index in [1.807, 2.05) is 0 Å². The molecule has 0 spiro atoms. The normalized spacial score (nSPS) is 47.3. The highest BCUT2D eigenvalue weighted by Gasteiger charge is 2.66. The molecule has 9 heteroatoms. The molecule has 4 unspecified atom stereocenters. The SMILES string of the molecule is CC(F)(F)C(=O)OC12CC3CC(O)(CC(OCC(=O)OCCOC4(C)C5CC6CC(C5)CC4C6)(C3)C1)C2. The second-order valence-electron chi connectivity index (χ2n) is 13.7. The molecule has 0 aromatic rings. The van der Waals surface area contributed by atoms with Crippen LogP contribution in [0, 0.1) is 29.6 Å². The Morgan fingerprint density at radius 3 is 2.11 bits per heavy atom. The number of hydrogen-bond donors (Lipinski definition) is 1. The number of carbonyl (C=O) groups excluding carboxylic acids is 2. The van der Waals surface area contributed by atoms with Gasteiger partial charge < -0.3 is 24.1 Å². The first-order valence-electron chi connectivity index (χ1n) is 14.1. The molecule has 8 aliphatic carbocycles. The molecule has 8 fully saturated rings. The van der Waals surface area contributed by atoms with Crippen molar-refractivity contribution < 1.29 is 42.4 Å². The molecule has 0 aromatic heterocycles. The van der Waals surface area contributed by atoms with Gasteiger partial charge in [0.1, 0.15) is 18.8 Å². The maximum Gasteiger partial charge on any atom is 0.377 e. The molecule has 8 saturated carbocycles. The maximum absolute atomic E-state index is 13.6. The zero-order valence-electron chi connectivity index (χ0n) is 21.9. The van der Waals surface area contributed by atoms with Gasteiger partial charge in [-0.05, 0) is 87.9 Å². The lowest BCUT2D eigenvalue weighted by molar-refractivity contribution is -0.278. The number of rotatable bonds is 9. The van der Waals surface area contributed by atoms with Crippen LogP contribution in [0.25, 0.3) is 0 Å². The average Bonchev–Trinajstić information content (AvgIpc) is 2.76. The average molecular weight is 527 g/mol. The van der Waals surface area contributed by atoms with Crippen molar-refractivity contribution in [1.29, 1.82) is 0 Å². The quantitative estimate of drug-likeness (QED) is 0.356. The van der Waals surface area contributed by atoms with Gasteiger partial charge in [0.2, 0.25) is 0 Å². The Kier molecular flexibility index (Phi) is 6.02. The number of halogens is 2. The summed E-state index contributed by atoms with van der Waals surface area (Å²) in [7, 11) is 0. The topological polar surface area (TPSA) is 91.3 Å². The second kappa shape index (κ2) is 8.59. The van der Waals surface area contributed by atoms with Crippen molar-refractivity contribution in [1.82, 2.24) is 0 Å². The Bertz CT molecular complexity index is 921. The third-order valence-electron chi connectivity index (χ3n) is 10.6. The summed E-state index contributed by atoms with van der Waals surface area (Å²) in [5.74, 6) is -2.83. The van der Waals surface area contributed by atoms with Gasteiger partial charge >= 0.3 is 17.9 Å². The molecule has 208 valence electrons. The molecule has 1 N–H and O–H groups in total. The van der Waals surface area contributed by atoms with Crippen LogP contribution >= 0.6 is 0 Å². The van der Waals surface area contributed by atoms with E-state index < -0.39 is 34.7 Å². The summed E-state index contributed by atoms with van der Waals surface area (Å²) in [5, 5.41) is 11.1. The van der Waals surface area contributed by atoms with Crippen molar-refractivity contribution in [2.45, 2.75) is 113 Å². The number of carbonyl (C=O) groups is 2. The van der Waals surface area contributed by atoms with Crippen LogP contribution in [0.4, 0.5) is 8.78 Å². The summed E-state index contributed by atoms with van der Waals surface area (Å²) >= 11 is 0. The molecule has 4 atom stereocenters. The molecule has 7 nitrogen and oxygen atoms in total. The molecule has 0 heterocycles. The van der Waals surface area contributed by atoms with Crippen LogP contribution in [0.15, 0.2) is 0 Å². The summed E-state index contributed by atoms with van der Waals surface area (Å²) in [6.45, 7) is 2.95. The highest BCUT2D eigenvalue weighted by Crippen LogP contribution is 2.62. The fraction of sp³-hybridized carbons (Fsp3) is 0.929. The molecule has 0 amide bonds. The van der Waals surface area contributed by atoms with Gasteiger partial charge in [0.25, 0.3) is 0 Å². The third-order valence-corrected chi connectivity index (χ3v) is 10.6. The van der Waals surface area contributed by atoms with E-state index in [0.29, 0.717) is 44.6 Å². The van der Waals surface area contributed by atoms with Crippen molar-refractivity contribution in [3.05, 3.63) is 0 Å². The van der Waals surface area contributed by atoms with Gasteiger partial charge in [0.05, 0.1) is 23.4 Å².